The number of anilines is 1. The standard InChI is InChI=1S/C25H25ClN2O4/c1-2-31-24(29)17-19-8-13-23(22(26)16-19)32-21-11-9-20(10-12-21)28-25(30)27-15-14-18-6-4-3-5-7-18/h3-13,16H,2,14-15,17H2,1H3,(H2,27,28,30). The van der Waals surface area contributed by atoms with Gasteiger partial charge < -0.3 is 20.1 Å². The largest absolute Gasteiger partial charge is 0.466 e. The lowest BCUT2D eigenvalue weighted by Gasteiger charge is -2.11. The van der Waals surface area contributed by atoms with Crippen LogP contribution in [0.1, 0.15) is 18.1 Å². The average molecular weight is 453 g/mol. The Bertz CT molecular complexity index is 1040. The number of hydrogen-bond acceptors (Lipinski definition) is 4. The number of hydrogen-bond donors (Lipinski definition) is 2. The van der Waals surface area contributed by atoms with Crippen LogP contribution in [0.3, 0.4) is 0 Å². The van der Waals surface area contributed by atoms with Crippen molar-refractivity contribution in [2.45, 2.75) is 19.8 Å². The normalized spacial score (nSPS) is 10.3. The minimum atomic E-state index is -0.301. The van der Waals surface area contributed by atoms with Crippen LogP contribution >= 0.6 is 11.6 Å². The second-order valence-electron chi connectivity index (χ2n) is 6.99. The maximum Gasteiger partial charge on any atom is 0.319 e. The molecule has 7 heteroatoms. The minimum Gasteiger partial charge on any atom is -0.466 e. The number of halogens is 1. The van der Waals surface area contributed by atoms with Crippen molar-refractivity contribution in [1.29, 1.82) is 0 Å². The Morgan fingerprint density at radius 1 is 0.938 bits per heavy atom. The highest BCUT2D eigenvalue weighted by Gasteiger charge is 2.09. The first-order chi connectivity index (χ1) is 15.5. The molecule has 0 aliphatic carbocycles. The lowest BCUT2D eigenvalue weighted by atomic mass is 10.1. The molecule has 3 rings (SSSR count). The van der Waals surface area contributed by atoms with E-state index in [0.29, 0.717) is 35.4 Å². The lowest BCUT2D eigenvalue weighted by Crippen LogP contribution is -2.30. The van der Waals surface area contributed by atoms with Crippen LogP contribution in [0.15, 0.2) is 72.8 Å². The fraction of sp³-hybridized carbons (Fsp3) is 0.200. The molecule has 6 nitrogen and oxygen atoms in total. The Hall–Kier alpha value is -3.51. The Kier molecular flexibility index (Phi) is 8.52. The topological polar surface area (TPSA) is 76.7 Å². The number of carbonyl (C=O) groups is 2. The second-order valence-corrected chi connectivity index (χ2v) is 7.40. The van der Waals surface area contributed by atoms with Crippen molar-refractivity contribution in [3.63, 3.8) is 0 Å². The Morgan fingerprint density at radius 3 is 2.38 bits per heavy atom. The molecule has 0 fully saturated rings. The van der Waals surface area contributed by atoms with Crippen LogP contribution in [0, 0.1) is 0 Å². The summed E-state index contributed by atoms with van der Waals surface area (Å²) in [6.07, 6.45) is 0.919. The third-order valence-electron chi connectivity index (χ3n) is 4.53. The van der Waals surface area contributed by atoms with E-state index >= 15 is 0 Å². The molecule has 0 spiro atoms. The molecule has 166 valence electrons. The van der Waals surface area contributed by atoms with Crippen molar-refractivity contribution in [2.75, 3.05) is 18.5 Å². The molecular weight excluding hydrogens is 428 g/mol. The van der Waals surface area contributed by atoms with Crippen LogP contribution in [0.5, 0.6) is 11.5 Å². The van der Waals surface area contributed by atoms with Crippen molar-refractivity contribution in [3.05, 3.63) is 88.9 Å². The molecule has 0 saturated carbocycles. The smallest absolute Gasteiger partial charge is 0.319 e. The van der Waals surface area contributed by atoms with Gasteiger partial charge in [0.1, 0.15) is 11.5 Å². The first kappa shape index (κ1) is 23.2. The van der Waals surface area contributed by atoms with E-state index in [-0.39, 0.29) is 18.4 Å². The van der Waals surface area contributed by atoms with E-state index in [4.69, 9.17) is 21.1 Å². The van der Waals surface area contributed by atoms with E-state index in [1.165, 1.54) is 5.56 Å². The zero-order valence-corrected chi connectivity index (χ0v) is 18.5. The molecule has 3 aromatic rings. The fourth-order valence-corrected chi connectivity index (χ4v) is 3.23. The molecule has 0 bridgehead atoms. The number of esters is 1. The molecule has 0 heterocycles. The average Bonchev–Trinajstić information content (AvgIpc) is 2.78. The fourth-order valence-electron chi connectivity index (χ4n) is 2.99. The summed E-state index contributed by atoms with van der Waals surface area (Å²) >= 11 is 6.29. The molecule has 0 aromatic heterocycles. The van der Waals surface area contributed by atoms with Crippen LogP contribution in [0.25, 0.3) is 0 Å². The van der Waals surface area contributed by atoms with Gasteiger partial charge in [-0.1, -0.05) is 48.0 Å². The molecule has 32 heavy (non-hydrogen) atoms. The number of carbonyl (C=O) groups excluding carboxylic acids is 2. The summed E-state index contributed by atoms with van der Waals surface area (Å²) in [7, 11) is 0. The SMILES string of the molecule is CCOC(=O)Cc1ccc(Oc2ccc(NC(=O)NCCc3ccccc3)cc2)c(Cl)c1. The molecule has 3 aromatic carbocycles. The van der Waals surface area contributed by atoms with Crippen LogP contribution < -0.4 is 15.4 Å². The zero-order valence-electron chi connectivity index (χ0n) is 17.8. The Morgan fingerprint density at radius 2 is 1.69 bits per heavy atom. The molecule has 0 aliphatic rings. The van der Waals surface area contributed by atoms with Gasteiger partial charge in [0.2, 0.25) is 0 Å². The monoisotopic (exact) mass is 452 g/mol. The Labute approximate surface area is 192 Å². The van der Waals surface area contributed by atoms with Gasteiger partial charge in [0.05, 0.1) is 18.1 Å². The number of rotatable bonds is 9. The van der Waals surface area contributed by atoms with Gasteiger partial charge in [-0.3, -0.25) is 4.79 Å². The van der Waals surface area contributed by atoms with Gasteiger partial charge in [-0.25, -0.2) is 4.79 Å². The minimum absolute atomic E-state index is 0.154. The highest BCUT2D eigenvalue weighted by molar-refractivity contribution is 6.32. The third-order valence-corrected chi connectivity index (χ3v) is 4.83. The quantitative estimate of drug-likeness (QED) is 0.414. The molecule has 2 N–H and O–H groups in total. The maximum atomic E-state index is 12.1. The number of nitrogens with one attached hydrogen (secondary N) is 2. The van der Waals surface area contributed by atoms with Gasteiger partial charge in [0.25, 0.3) is 0 Å². The first-order valence-electron chi connectivity index (χ1n) is 10.3. The lowest BCUT2D eigenvalue weighted by molar-refractivity contribution is -0.142. The van der Waals surface area contributed by atoms with Gasteiger partial charge in [0, 0.05) is 12.2 Å². The number of amides is 2. The third kappa shape index (κ3) is 7.32. The van der Waals surface area contributed by atoms with Crippen LogP contribution in [0.4, 0.5) is 10.5 Å². The van der Waals surface area contributed by atoms with Crippen molar-refractivity contribution in [1.82, 2.24) is 5.32 Å². The summed E-state index contributed by atoms with van der Waals surface area (Å²) in [6.45, 7) is 2.65. The van der Waals surface area contributed by atoms with Crippen molar-refractivity contribution >= 4 is 29.3 Å². The molecule has 0 aliphatic heterocycles. The van der Waals surface area contributed by atoms with E-state index in [9.17, 15) is 9.59 Å². The molecule has 2 amide bonds. The molecular formula is C25H25ClN2O4. The zero-order chi connectivity index (χ0) is 22.8. The van der Waals surface area contributed by atoms with E-state index in [1.807, 2.05) is 30.3 Å². The molecule has 0 saturated heterocycles. The molecule has 0 radical (unpaired) electrons. The summed E-state index contributed by atoms with van der Waals surface area (Å²) in [6, 6.07) is 21.8. The van der Waals surface area contributed by atoms with Gasteiger partial charge >= 0.3 is 12.0 Å². The van der Waals surface area contributed by atoms with Gasteiger partial charge in [0.15, 0.2) is 0 Å². The van der Waals surface area contributed by atoms with Crippen molar-refractivity contribution in [2.24, 2.45) is 0 Å². The van der Waals surface area contributed by atoms with Gasteiger partial charge in [-0.05, 0) is 60.9 Å². The van der Waals surface area contributed by atoms with Gasteiger partial charge in [-0.2, -0.15) is 0 Å². The summed E-state index contributed by atoms with van der Waals surface area (Å²) < 4.78 is 10.8. The van der Waals surface area contributed by atoms with Crippen LogP contribution in [-0.2, 0) is 22.4 Å². The van der Waals surface area contributed by atoms with E-state index in [1.54, 1.807) is 49.4 Å². The highest BCUT2D eigenvalue weighted by atomic mass is 35.5. The van der Waals surface area contributed by atoms with E-state index in [0.717, 1.165) is 12.0 Å². The van der Waals surface area contributed by atoms with E-state index in [2.05, 4.69) is 10.6 Å². The summed E-state index contributed by atoms with van der Waals surface area (Å²) in [5.74, 6) is 0.739. The number of urea groups is 1. The van der Waals surface area contributed by atoms with Crippen LogP contribution in [0.2, 0.25) is 5.02 Å². The predicted molar refractivity (Wildman–Crippen MR) is 125 cm³/mol. The second kappa shape index (κ2) is 11.8. The number of ether oxygens (including phenoxy) is 2. The summed E-state index contributed by atoms with van der Waals surface area (Å²) in [5, 5.41) is 6.02. The summed E-state index contributed by atoms with van der Waals surface area (Å²) in [5.41, 5.74) is 2.56. The number of benzene rings is 3. The van der Waals surface area contributed by atoms with Crippen molar-refractivity contribution in [3.8, 4) is 11.5 Å². The maximum absolute atomic E-state index is 12.1. The predicted octanol–water partition coefficient (Wildman–Crippen LogP) is 5.60. The van der Waals surface area contributed by atoms with Crippen molar-refractivity contribution < 1.29 is 19.1 Å². The van der Waals surface area contributed by atoms with E-state index < -0.39 is 0 Å². The van der Waals surface area contributed by atoms with Crippen LogP contribution in [-0.4, -0.2) is 25.2 Å². The highest BCUT2D eigenvalue weighted by Crippen LogP contribution is 2.31. The summed E-state index contributed by atoms with van der Waals surface area (Å²) in [4.78, 5) is 23.7. The molecule has 0 atom stereocenters. The first-order valence-corrected chi connectivity index (χ1v) is 10.7. The van der Waals surface area contributed by atoms with Gasteiger partial charge in [-0.15, -0.1) is 0 Å². The Balaban J connectivity index is 1.48. The molecule has 0 unspecified atom stereocenters.